The number of halogens is 1. The van der Waals surface area contributed by atoms with Crippen LogP contribution in [0.3, 0.4) is 0 Å². The van der Waals surface area contributed by atoms with Crippen molar-refractivity contribution in [2.75, 3.05) is 24.6 Å². The number of piperidine rings is 1. The molecule has 0 bridgehead atoms. The molecule has 1 heterocycles. The van der Waals surface area contributed by atoms with Crippen molar-refractivity contribution >= 4 is 33.7 Å². The Morgan fingerprint density at radius 3 is 2.71 bits per heavy atom. The fourth-order valence-corrected chi connectivity index (χ4v) is 2.98. The molecule has 0 atom stereocenters. The maximum atomic E-state index is 11.8. The lowest BCUT2D eigenvalue weighted by atomic mass is 10.1. The van der Waals surface area contributed by atoms with Crippen molar-refractivity contribution in [2.45, 2.75) is 33.1 Å². The molecule has 0 unspecified atom stereocenters. The average molecular weight is 352 g/mol. The van der Waals surface area contributed by atoms with Crippen LogP contribution >= 0.6 is 15.9 Å². The molecule has 0 amide bonds. The zero-order valence-corrected chi connectivity index (χ0v) is 14.3. The summed E-state index contributed by atoms with van der Waals surface area (Å²) in [4.78, 5) is 14.2. The first-order valence-corrected chi connectivity index (χ1v) is 8.31. The lowest BCUT2D eigenvalue weighted by molar-refractivity contribution is -0.138. The van der Waals surface area contributed by atoms with E-state index in [0.29, 0.717) is 12.2 Å². The molecule has 0 spiro atoms. The van der Waals surface area contributed by atoms with Gasteiger partial charge in [0.05, 0.1) is 6.61 Å². The highest BCUT2D eigenvalue weighted by atomic mass is 79.9. The Labute approximate surface area is 135 Å². The second-order valence-corrected chi connectivity index (χ2v) is 6.21. The van der Waals surface area contributed by atoms with Crippen LogP contribution in [-0.4, -0.2) is 25.7 Å². The monoisotopic (exact) mass is 351 g/mol. The Hall–Kier alpha value is -1.29. The fraction of sp³-hybridized carbons (Fsp3) is 0.471. The van der Waals surface area contributed by atoms with Crippen LogP contribution in [0.1, 0.15) is 38.7 Å². The molecular formula is C17H22BrNO2. The van der Waals surface area contributed by atoms with E-state index >= 15 is 0 Å². The quantitative estimate of drug-likeness (QED) is 0.594. The number of ether oxygens (including phenoxy) is 1. The molecule has 1 aromatic carbocycles. The van der Waals surface area contributed by atoms with Gasteiger partial charge < -0.3 is 9.64 Å². The lowest BCUT2D eigenvalue weighted by Gasteiger charge is -2.30. The molecule has 0 N–H and O–H groups in total. The Kier molecular flexibility index (Phi) is 5.85. The minimum atomic E-state index is -0.248. The van der Waals surface area contributed by atoms with Crippen molar-refractivity contribution in [3.05, 3.63) is 33.8 Å². The molecule has 2 rings (SSSR count). The van der Waals surface area contributed by atoms with Crippen LogP contribution in [0.15, 0.2) is 28.2 Å². The number of anilines is 1. The summed E-state index contributed by atoms with van der Waals surface area (Å²) in [6.45, 7) is 6.20. The van der Waals surface area contributed by atoms with E-state index in [4.69, 9.17) is 4.74 Å². The first kappa shape index (κ1) is 16.1. The van der Waals surface area contributed by atoms with E-state index in [0.717, 1.165) is 23.1 Å². The summed E-state index contributed by atoms with van der Waals surface area (Å²) in [7, 11) is 0. The number of nitrogens with zero attached hydrogens (tertiary/aromatic N) is 1. The van der Waals surface area contributed by atoms with Gasteiger partial charge in [-0.1, -0.05) is 15.9 Å². The summed E-state index contributed by atoms with van der Waals surface area (Å²) in [5.41, 5.74) is 2.89. The average Bonchev–Trinajstić information content (AvgIpc) is 2.48. The number of rotatable bonds is 4. The van der Waals surface area contributed by atoms with Crippen molar-refractivity contribution in [3.8, 4) is 0 Å². The SMILES string of the molecule is CCOC(=O)C(C)=Cc1cc(Br)ccc1N1CCCCC1. The maximum Gasteiger partial charge on any atom is 0.333 e. The van der Waals surface area contributed by atoms with Crippen LogP contribution in [0.4, 0.5) is 5.69 Å². The predicted molar refractivity (Wildman–Crippen MR) is 90.5 cm³/mol. The highest BCUT2D eigenvalue weighted by Gasteiger charge is 2.15. The molecule has 1 fully saturated rings. The summed E-state index contributed by atoms with van der Waals surface area (Å²) in [6, 6.07) is 6.24. The Balaban J connectivity index is 2.30. The summed E-state index contributed by atoms with van der Waals surface area (Å²) in [5.74, 6) is -0.248. The first-order valence-electron chi connectivity index (χ1n) is 7.51. The molecule has 1 aliphatic rings. The molecule has 0 aromatic heterocycles. The zero-order chi connectivity index (χ0) is 15.2. The summed E-state index contributed by atoms with van der Waals surface area (Å²) in [6.07, 6.45) is 5.69. The molecule has 0 aliphatic carbocycles. The van der Waals surface area contributed by atoms with E-state index in [2.05, 4.69) is 39.0 Å². The van der Waals surface area contributed by atoms with Gasteiger partial charge >= 0.3 is 5.97 Å². The minimum absolute atomic E-state index is 0.248. The summed E-state index contributed by atoms with van der Waals surface area (Å²) >= 11 is 3.51. The van der Waals surface area contributed by atoms with Crippen LogP contribution in [0, 0.1) is 0 Å². The first-order chi connectivity index (χ1) is 10.1. The third kappa shape index (κ3) is 4.34. The Morgan fingerprint density at radius 1 is 1.33 bits per heavy atom. The molecule has 3 nitrogen and oxygen atoms in total. The predicted octanol–water partition coefficient (Wildman–Crippen LogP) is 4.41. The maximum absolute atomic E-state index is 11.8. The van der Waals surface area contributed by atoms with E-state index in [1.807, 2.05) is 13.0 Å². The van der Waals surface area contributed by atoms with Gasteiger partial charge in [-0.15, -0.1) is 0 Å². The van der Waals surface area contributed by atoms with Gasteiger partial charge in [-0.3, -0.25) is 0 Å². The third-order valence-electron chi connectivity index (χ3n) is 3.66. The summed E-state index contributed by atoms with van der Waals surface area (Å²) < 4.78 is 6.08. The molecular weight excluding hydrogens is 330 g/mol. The second-order valence-electron chi connectivity index (χ2n) is 5.30. The number of hydrogen-bond donors (Lipinski definition) is 0. The van der Waals surface area contributed by atoms with Gasteiger partial charge in [0.1, 0.15) is 0 Å². The topological polar surface area (TPSA) is 29.5 Å². The number of hydrogen-bond acceptors (Lipinski definition) is 3. The van der Waals surface area contributed by atoms with Crippen molar-refractivity contribution in [2.24, 2.45) is 0 Å². The van der Waals surface area contributed by atoms with Gasteiger partial charge in [0.15, 0.2) is 0 Å². The van der Waals surface area contributed by atoms with Crippen LogP contribution in [0.25, 0.3) is 6.08 Å². The van der Waals surface area contributed by atoms with Gasteiger partial charge in [0.25, 0.3) is 0 Å². The number of carbonyl (C=O) groups excluding carboxylic acids is 1. The summed E-state index contributed by atoms with van der Waals surface area (Å²) in [5, 5.41) is 0. The van der Waals surface area contributed by atoms with Gasteiger partial charge in [-0.2, -0.15) is 0 Å². The number of carbonyl (C=O) groups is 1. The van der Waals surface area contributed by atoms with Crippen molar-refractivity contribution in [3.63, 3.8) is 0 Å². The fourth-order valence-electron chi connectivity index (χ4n) is 2.60. The van der Waals surface area contributed by atoms with E-state index in [1.54, 1.807) is 6.92 Å². The smallest absolute Gasteiger partial charge is 0.333 e. The molecule has 1 saturated heterocycles. The molecule has 1 aromatic rings. The van der Waals surface area contributed by atoms with Crippen molar-refractivity contribution < 1.29 is 9.53 Å². The van der Waals surface area contributed by atoms with Gasteiger partial charge in [-0.05, 0) is 62.9 Å². The van der Waals surface area contributed by atoms with Crippen LogP contribution in [0.5, 0.6) is 0 Å². The molecule has 1 aliphatic heterocycles. The van der Waals surface area contributed by atoms with E-state index in [-0.39, 0.29) is 5.97 Å². The van der Waals surface area contributed by atoms with Gasteiger partial charge in [-0.25, -0.2) is 4.79 Å². The highest BCUT2D eigenvalue weighted by Crippen LogP contribution is 2.29. The highest BCUT2D eigenvalue weighted by molar-refractivity contribution is 9.10. The van der Waals surface area contributed by atoms with E-state index < -0.39 is 0 Å². The third-order valence-corrected chi connectivity index (χ3v) is 4.15. The lowest BCUT2D eigenvalue weighted by Crippen LogP contribution is -2.29. The molecule has 21 heavy (non-hydrogen) atoms. The number of esters is 1. The van der Waals surface area contributed by atoms with Crippen molar-refractivity contribution in [1.82, 2.24) is 0 Å². The van der Waals surface area contributed by atoms with Crippen LogP contribution in [-0.2, 0) is 9.53 Å². The largest absolute Gasteiger partial charge is 0.463 e. The van der Waals surface area contributed by atoms with Crippen LogP contribution < -0.4 is 4.90 Å². The van der Waals surface area contributed by atoms with Crippen molar-refractivity contribution in [1.29, 1.82) is 0 Å². The molecule has 0 saturated carbocycles. The zero-order valence-electron chi connectivity index (χ0n) is 12.7. The molecule has 4 heteroatoms. The molecule has 0 radical (unpaired) electrons. The molecule has 114 valence electrons. The second kappa shape index (κ2) is 7.64. The van der Waals surface area contributed by atoms with Gasteiger partial charge in [0, 0.05) is 28.8 Å². The standard InChI is InChI=1S/C17H22BrNO2/c1-3-21-17(20)13(2)11-14-12-15(18)7-8-16(14)19-9-5-4-6-10-19/h7-8,11-12H,3-6,9-10H2,1-2H3. The van der Waals surface area contributed by atoms with E-state index in [1.165, 1.54) is 24.9 Å². The Bertz CT molecular complexity index is 534. The van der Waals surface area contributed by atoms with E-state index in [9.17, 15) is 4.79 Å². The minimum Gasteiger partial charge on any atom is -0.463 e. The number of benzene rings is 1. The van der Waals surface area contributed by atoms with Crippen LogP contribution in [0.2, 0.25) is 0 Å². The Morgan fingerprint density at radius 2 is 2.05 bits per heavy atom. The normalized spacial score (nSPS) is 16.0. The van der Waals surface area contributed by atoms with Gasteiger partial charge in [0.2, 0.25) is 0 Å².